The van der Waals surface area contributed by atoms with E-state index in [9.17, 15) is 0 Å². The van der Waals surface area contributed by atoms with Gasteiger partial charge in [0.25, 0.3) is 0 Å². The molecule has 0 aromatic heterocycles. The largest absolute Gasteiger partial charge is 0.381 e. The Balaban J connectivity index is 1.61. The van der Waals surface area contributed by atoms with Crippen molar-refractivity contribution in [3.63, 3.8) is 0 Å². The highest BCUT2D eigenvalue weighted by Crippen LogP contribution is 2.52. The van der Waals surface area contributed by atoms with Crippen LogP contribution in [0.2, 0.25) is 0 Å². The lowest BCUT2D eigenvalue weighted by Gasteiger charge is -2.55. The molecule has 2 saturated carbocycles. The van der Waals surface area contributed by atoms with Crippen LogP contribution in [0.25, 0.3) is 0 Å². The predicted molar refractivity (Wildman–Crippen MR) is 71.4 cm³/mol. The van der Waals surface area contributed by atoms with E-state index in [1.54, 1.807) is 0 Å². The maximum absolute atomic E-state index is 6.39. The van der Waals surface area contributed by atoms with E-state index in [0.29, 0.717) is 23.7 Å². The van der Waals surface area contributed by atoms with Gasteiger partial charge in [0.2, 0.25) is 0 Å². The van der Waals surface area contributed by atoms with E-state index in [0.717, 1.165) is 32.5 Å². The Kier molecular flexibility index (Phi) is 3.92. The minimum Gasteiger partial charge on any atom is -0.381 e. The predicted octanol–water partition coefficient (Wildman–Crippen LogP) is 2.62. The summed E-state index contributed by atoms with van der Waals surface area (Å²) in [4.78, 5) is 0. The molecule has 2 N–H and O–H groups in total. The first-order chi connectivity index (χ1) is 8.81. The van der Waals surface area contributed by atoms with Crippen LogP contribution in [-0.2, 0) is 9.47 Å². The molecule has 104 valence electrons. The molecule has 2 unspecified atom stereocenters. The Morgan fingerprint density at radius 1 is 1.00 bits per heavy atom. The maximum atomic E-state index is 6.39. The van der Waals surface area contributed by atoms with Crippen LogP contribution in [0.1, 0.15) is 57.8 Å². The lowest BCUT2D eigenvalue weighted by atomic mass is 9.58. The van der Waals surface area contributed by atoms with Crippen molar-refractivity contribution in [1.29, 1.82) is 0 Å². The van der Waals surface area contributed by atoms with Gasteiger partial charge in [-0.1, -0.05) is 25.7 Å². The zero-order chi connectivity index (χ0) is 12.4. The third kappa shape index (κ3) is 2.33. The molecule has 2 aliphatic carbocycles. The Hall–Kier alpha value is -0.120. The van der Waals surface area contributed by atoms with Crippen LogP contribution in [0.4, 0.5) is 0 Å². The SMILES string of the molecule is NC1CC(OC2CCOCC2)C12CCCCCC2. The number of rotatable bonds is 2. The molecule has 1 aliphatic heterocycles. The number of nitrogens with two attached hydrogens (primary N) is 1. The van der Waals surface area contributed by atoms with Crippen molar-refractivity contribution in [2.45, 2.75) is 76.0 Å². The van der Waals surface area contributed by atoms with Crippen LogP contribution in [0.3, 0.4) is 0 Å². The van der Waals surface area contributed by atoms with Crippen LogP contribution in [0, 0.1) is 5.41 Å². The summed E-state index contributed by atoms with van der Waals surface area (Å²) in [6, 6.07) is 0.389. The van der Waals surface area contributed by atoms with E-state index in [4.69, 9.17) is 15.2 Å². The minimum atomic E-state index is 0.328. The molecule has 3 heteroatoms. The topological polar surface area (TPSA) is 44.5 Å². The molecule has 3 aliphatic rings. The van der Waals surface area contributed by atoms with Crippen molar-refractivity contribution in [1.82, 2.24) is 0 Å². The highest BCUT2D eigenvalue weighted by molar-refractivity contribution is 5.07. The van der Waals surface area contributed by atoms with Crippen LogP contribution in [0.5, 0.6) is 0 Å². The summed E-state index contributed by atoms with van der Waals surface area (Å²) in [6.45, 7) is 1.74. The van der Waals surface area contributed by atoms with Gasteiger partial charge in [0.15, 0.2) is 0 Å². The second-order valence-corrected chi connectivity index (χ2v) is 6.43. The smallest absolute Gasteiger partial charge is 0.0664 e. The molecule has 3 nitrogen and oxygen atoms in total. The van der Waals surface area contributed by atoms with Crippen molar-refractivity contribution < 1.29 is 9.47 Å². The molecule has 18 heavy (non-hydrogen) atoms. The fourth-order valence-electron chi connectivity index (χ4n) is 4.09. The molecule has 0 bridgehead atoms. The normalized spacial score (nSPS) is 37.2. The molecule has 0 radical (unpaired) electrons. The summed E-state index contributed by atoms with van der Waals surface area (Å²) in [5.41, 5.74) is 6.68. The first-order valence-corrected chi connectivity index (χ1v) is 7.80. The average Bonchev–Trinajstić information content (AvgIpc) is 2.67. The van der Waals surface area contributed by atoms with Crippen LogP contribution in [-0.4, -0.2) is 31.5 Å². The van der Waals surface area contributed by atoms with E-state index >= 15 is 0 Å². The standard InChI is InChI=1S/C15H27NO2/c16-13-11-14(18-12-5-9-17-10-6-12)15(13)7-3-1-2-4-8-15/h12-14H,1-11,16H2. The number of hydrogen-bond acceptors (Lipinski definition) is 3. The number of hydrogen-bond donors (Lipinski definition) is 1. The second-order valence-electron chi connectivity index (χ2n) is 6.43. The summed E-state index contributed by atoms with van der Waals surface area (Å²) in [7, 11) is 0. The lowest BCUT2D eigenvalue weighted by Crippen LogP contribution is -2.62. The van der Waals surface area contributed by atoms with Crippen LogP contribution < -0.4 is 5.73 Å². The van der Waals surface area contributed by atoms with Crippen LogP contribution >= 0.6 is 0 Å². The highest BCUT2D eigenvalue weighted by Gasteiger charge is 2.54. The Morgan fingerprint density at radius 3 is 2.28 bits per heavy atom. The van der Waals surface area contributed by atoms with Gasteiger partial charge >= 0.3 is 0 Å². The van der Waals surface area contributed by atoms with E-state index in [1.807, 2.05) is 0 Å². The van der Waals surface area contributed by atoms with Crippen molar-refractivity contribution in [2.75, 3.05) is 13.2 Å². The van der Waals surface area contributed by atoms with E-state index in [1.165, 1.54) is 38.5 Å². The Bertz CT molecular complexity index is 268. The van der Waals surface area contributed by atoms with Gasteiger partial charge in [0.05, 0.1) is 12.2 Å². The Labute approximate surface area is 110 Å². The van der Waals surface area contributed by atoms with Crippen molar-refractivity contribution in [3.05, 3.63) is 0 Å². The van der Waals surface area contributed by atoms with Crippen molar-refractivity contribution >= 4 is 0 Å². The molecule has 0 aromatic carbocycles. The number of ether oxygens (including phenoxy) is 2. The lowest BCUT2D eigenvalue weighted by molar-refractivity contribution is -0.176. The zero-order valence-corrected chi connectivity index (χ0v) is 11.4. The molecule has 0 amide bonds. The monoisotopic (exact) mass is 253 g/mol. The van der Waals surface area contributed by atoms with Gasteiger partial charge in [-0.2, -0.15) is 0 Å². The minimum absolute atomic E-state index is 0.328. The third-order valence-electron chi connectivity index (χ3n) is 5.41. The molecule has 1 heterocycles. The molecule has 1 spiro atoms. The molecular formula is C15H27NO2. The molecular weight excluding hydrogens is 226 g/mol. The van der Waals surface area contributed by atoms with Gasteiger partial charge in [-0.3, -0.25) is 0 Å². The molecule has 3 rings (SSSR count). The van der Waals surface area contributed by atoms with Gasteiger partial charge in [0, 0.05) is 24.7 Å². The molecule has 0 aromatic rings. The second kappa shape index (κ2) is 5.48. The quantitative estimate of drug-likeness (QED) is 0.822. The van der Waals surface area contributed by atoms with Gasteiger partial charge in [-0.05, 0) is 32.1 Å². The fraction of sp³-hybridized carbons (Fsp3) is 1.00. The summed E-state index contributed by atoms with van der Waals surface area (Å²) >= 11 is 0. The van der Waals surface area contributed by atoms with Crippen molar-refractivity contribution in [2.24, 2.45) is 11.1 Å². The van der Waals surface area contributed by atoms with Gasteiger partial charge in [0.1, 0.15) is 0 Å². The van der Waals surface area contributed by atoms with Crippen LogP contribution in [0.15, 0.2) is 0 Å². The average molecular weight is 253 g/mol. The van der Waals surface area contributed by atoms with E-state index in [-0.39, 0.29) is 0 Å². The molecule has 2 atom stereocenters. The molecule has 1 saturated heterocycles. The summed E-state index contributed by atoms with van der Waals surface area (Å²) < 4.78 is 11.8. The van der Waals surface area contributed by atoms with Crippen molar-refractivity contribution in [3.8, 4) is 0 Å². The first kappa shape index (κ1) is 12.9. The summed E-state index contributed by atoms with van der Waals surface area (Å²) in [6.07, 6.45) is 12.1. The Morgan fingerprint density at radius 2 is 1.67 bits per heavy atom. The molecule has 3 fully saturated rings. The zero-order valence-electron chi connectivity index (χ0n) is 11.4. The van der Waals surface area contributed by atoms with Gasteiger partial charge < -0.3 is 15.2 Å². The summed E-state index contributed by atoms with van der Waals surface area (Å²) in [5, 5.41) is 0. The maximum Gasteiger partial charge on any atom is 0.0664 e. The highest BCUT2D eigenvalue weighted by atomic mass is 16.5. The van der Waals surface area contributed by atoms with E-state index < -0.39 is 0 Å². The van der Waals surface area contributed by atoms with Gasteiger partial charge in [-0.25, -0.2) is 0 Å². The first-order valence-electron chi connectivity index (χ1n) is 7.80. The third-order valence-corrected chi connectivity index (χ3v) is 5.41. The van der Waals surface area contributed by atoms with E-state index in [2.05, 4.69) is 0 Å². The fourth-order valence-corrected chi connectivity index (χ4v) is 4.09. The van der Waals surface area contributed by atoms with Gasteiger partial charge in [-0.15, -0.1) is 0 Å². The summed E-state index contributed by atoms with van der Waals surface area (Å²) in [5.74, 6) is 0.